The fourth-order valence-corrected chi connectivity index (χ4v) is 6.11. The number of piperazine rings is 2. The Kier molecular flexibility index (Phi) is 7.65. The van der Waals surface area contributed by atoms with Crippen LogP contribution in [0.25, 0.3) is 0 Å². The first-order chi connectivity index (χ1) is 14.6. The van der Waals surface area contributed by atoms with Gasteiger partial charge in [-0.25, -0.2) is 17.5 Å². The molecule has 1 N–H and O–H groups in total. The van der Waals surface area contributed by atoms with E-state index >= 15 is 0 Å². The Hall–Kier alpha value is -1.64. The first kappa shape index (κ1) is 24.0. The summed E-state index contributed by atoms with van der Waals surface area (Å²) < 4.78 is 68.1. The molecular weight excluding hydrogens is 449 g/mol. The number of carbonyl (C=O) groups excluding carboxylic acids is 1. The van der Waals surface area contributed by atoms with Crippen molar-refractivity contribution in [2.45, 2.75) is 11.3 Å². The minimum absolute atomic E-state index is 0.0500. The molecule has 1 amide bonds. The van der Waals surface area contributed by atoms with Crippen molar-refractivity contribution in [2.24, 2.45) is 0 Å². The van der Waals surface area contributed by atoms with Crippen LogP contribution in [0.4, 0.5) is 4.39 Å². The van der Waals surface area contributed by atoms with Gasteiger partial charge in [-0.2, -0.15) is 17.0 Å². The van der Waals surface area contributed by atoms with Crippen LogP contribution in [0, 0.1) is 5.82 Å². The molecule has 0 aromatic heterocycles. The summed E-state index contributed by atoms with van der Waals surface area (Å²) in [7, 11) is -5.42. The quantitative estimate of drug-likeness (QED) is 0.547. The molecule has 1 aromatic carbocycles. The number of nitrogens with one attached hydrogen (secondary N) is 1. The third-order valence-electron chi connectivity index (χ3n) is 5.46. The van der Waals surface area contributed by atoms with Crippen LogP contribution in [0.1, 0.15) is 6.42 Å². The highest BCUT2D eigenvalue weighted by Gasteiger charge is 2.34. The average molecular weight is 478 g/mol. The van der Waals surface area contributed by atoms with Crippen molar-refractivity contribution in [1.82, 2.24) is 23.1 Å². The van der Waals surface area contributed by atoms with E-state index in [1.807, 2.05) is 7.05 Å². The van der Waals surface area contributed by atoms with Crippen LogP contribution in [0.3, 0.4) is 0 Å². The zero-order valence-electron chi connectivity index (χ0n) is 17.4. The van der Waals surface area contributed by atoms with Crippen LogP contribution < -0.4 is 4.72 Å². The van der Waals surface area contributed by atoms with Gasteiger partial charge in [0.2, 0.25) is 15.9 Å². The molecule has 0 atom stereocenters. The van der Waals surface area contributed by atoms with Gasteiger partial charge in [0.25, 0.3) is 10.2 Å². The van der Waals surface area contributed by atoms with E-state index in [4.69, 9.17) is 0 Å². The predicted octanol–water partition coefficient (Wildman–Crippen LogP) is -0.869. The molecule has 31 heavy (non-hydrogen) atoms. The number of rotatable bonds is 7. The monoisotopic (exact) mass is 477 g/mol. The number of benzene rings is 1. The lowest BCUT2D eigenvalue weighted by Crippen LogP contribution is -2.57. The largest absolute Gasteiger partial charge is 0.340 e. The highest BCUT2D eigenvalue weighted by Crippen LogP contribution is 2.15. The Morgan fingerprint density at radius 2 is 1.42 bits per heavy atom. The van der Waals surface area contributed by atoms with E-state index in [1.54, 1.807) is 4.90 Å². The van der Waals surface area contributed by atoms with Gasteiger partial charge >= 0.3 is 0 Å². The fourth-order valence-electron chi connectivity index (χ4n) is 3.50. The maximum atomic E-state index is 13.0. The molecule has 2 aliphatic heterocycles. The van der Waals surface area contributed by atoms with Crippen molar-refractivity contribution in [3.05, 3.63) is 30.1 Å². The number of likely N-dealkylation sites (N-methyl/N-ethyl adjacent to an activating group) is 1. The van der Waals surface area contributed by atoms with Crippen LogP contribution in [-0.2, 0) is 25.0 Å². The van der Waals surface area contributed by atoms with Crippen molar-refractivity contribution >= 4 is 26.1 Å². The summed E-state index contributed by atoms with van der Waals surface area (Å²) in [5.74, 6) is -0.790. The molecule has 0 bridgehead atoms. The van der Waals surface area contributed by atoms with Gasteiger partial charge in [0.1, 0.15) is 5.82 Å². The Bertz CT molecular complexity index is 971. The molecule has 0 saturated carbocycles. The Balaban J connectivity index is 1.45. The molecule has 10 nitrogen and oxygen atoms in total. The van der Waals surface area contributed by atoms with Gasteiger partial charge in [-0.1, -0.05) is 0 Å². The fraction of sp³-hybridized carbons (Fsp3) is 0.611. The Labute approximate surface area is 182 Å². The molecule has 2 heterocycles. The van der Waals surface area contributed by atoms with Crippen molar-refractivity contribution in [2.75, 3.05) is 66.0 Å². The van der Waals surface area contributed by atoms with Gasteiger partial charge in [-0.05, 0) is 31.3 Å². The summed E-state index contributed by atoms with van der Waals surface area (Å²) in [5.41, 5.74) is 0. The molecule has 2 aliphatic rings. The summed E-state index contributed by atoms with van der Waals surface area (Å²) in [6.45, 7) is 3.12. The van der Waals surface area contributed by atoms with Gasteiger partial charge in [-0.15, -0.1) is 0 Å². The van der Waals surface area contributed by atoms with Gasteiger partial charge in [-0.3, -0.25) is 4.79 Å². The predicted molar refractivity (Wildman–Crippen MR) is 112 cm³/mol. The second-order valence-corrected chi connectivity index (χ2v) is 11.3. The lowest BCUT2D eigenvalue weighted by atomic mass is 10.3. The van der Waals surface area contributed by atoms with E-state index < -0.39 is 26.0 Å². The maximum Gasteiger partial charge on any atom is 0.282 e. The smallest absolute Gasteiger partial charge is 0.282 e. The summed E-state index contributed by atoms with van der Waals surface area (Å²) >= 11 is 0. The zero-order chi connectivity index (χ0) is 22.6. The molecule has 2 saturated heterocycles. The Morgan fingerprint density at radius 3 is 1.97 bits per heavy atom. The van der Waals surface area contributed by atoms with Crippen molar-refractivity contribution < 1.29 is 26.0 Å². The van der Waals surface area contributed by atoms with E-state index in [0.717, 1.165) is 24.3 Å². The lowest BCUT2D eigenvalue weighted by molar-refractivity contribution is -0.132. The second-order valence-electron chi connectivity index (χ2n) is 7.59. The van der Waals surface area contributed by atoms with E-state index in [2.05, 4.69) is 9.62 Å². The summed E-state index contributed by atoms with van der Waals surface area (Å²) in [4.78, 5) is 16.0. The lowest BCUT2D eigenvalue weighted by Gasteiger charge is -2.39. The molecule has 0 spiro atoms. The molecule has 1 aromatic rings. The maximum absolute atomic E-state index is 13.0. The number of nitrogens with zero attached hydrogens (tertiary/aromatic N) is 4. The topological polar surface area (TPSA) is 110 Å². The summed E-state index contributed by atoms with van der Waals surface area (Å²) in [6.07, 6.45) is -0.0500. The van der Waals surface area contributed by atoms with Crippen molar-refractivity contribution in [1.29, 1.82) is 0 Å². The number of hydrogen-bond donors (Lipinski definition) is 1. The number of carbonyl (C=O) groups is 1. The number of halogens is 1. The third kappa shape index (κ3) is 5.99. The normalized spacial score (nSPS) is 20.1. The number of hydrogen-bond acceptors (Lipinski definition) is 6. The number of sulfonamides is 1. The molecule has 0 unspecified atom stereocenters. The SMILES string of the molecule is CN1CCN(S(=O)(=O)N2CCN(C(=O)CCNS(=O)(=O)c3ccc(F)cc3)CC2)CC1. The van der Waals surface area contributed by atoms with Crippen molar-refractivity contribution in [3.8, 4) is 0 Å². The first-order valence-electron chi connectivity index (χ1n) is 10.1. The van der Waals surface area contributed by atoms with Crippen molar-refractivity contribution in [3.63, 3.8) is 0 Å². The summed E-state index contributed by atoms with van der Waals surface area (Å²) in [5, 5.41) is 0. The van der Waals surface area contributed by atoms with E-state index in [1.165, 1.54) is 8.61 Å². The highest BCUT2D eigenvalue weighted by molar-refractivity contribution is 7.89. The standard InChI is InChI=1S/C18H28FN5O5S2/c1-21-8-12-23(13-9-21)31(28,29)24-14-10-22(11-15-24)18(25)6-7-20-30(26,27)17-4-2-16(19)3-5-17/h2-5,20H,6-15H2,1H3. The van der Waals surface area contributed by atoms with E-state index in [0.29, 0.717) is 26.2 Å². The molecule has 3 rings (SSSR count). The first-order valence-corrected chi connectivity index (χ1v) is 12.9. The van der Waals surface area contributed by atoms with Crippen LogP contribution in [-0.4, -0.2) is 107 Å². The Morgan fingerprint density at radius 1 is 0.903 bits per heavy atom. The molecular formula is C18H28FN5O5S2. The molecule has 2 fully saturated rings. The minimum atomic E-state index is -3.83. The van der Waals surface area contributed by atoms with Gasteiger partial charge in [0.05, 0.1) is 4.90 Å². The zero-order valence-corrected chi connectivity index (χ0v) is 19.0. The molecule has 0 aliphatic carbocycles. The average Bonchev–Trinajstić information content (AvgIpc) is 2.74. The number of amides is 1. The van der Waals surface area contributed by atoms with E-state index in [9.17, 15) is 26.0 Å². The second kappa shape index (κ2) is 9.88. The van der Waals surface area contributed by atoms with E-state index in [-0.39, 0.29) is 49.9 Å². The molecule has 0 radical (unpaired) electrons. The third-order valence-corrected chi connectivity index (χ3v) is 8.97. The van der Waals surface area contributed by atoms with Crippen LogP contribution in [0.5, 0.6) is 0 Å². The van der Waals surface area contributed by atoms with Gasteiger partial charge in [0, 0.05) is 65.3 Å². The van der Waals surface area contributed by atoms with Gasteiger partial charge < -0.3 is 9.80 Å². The minimum Gasteiger partial charge on any atom is -0.340 e. The van der Waals surface area contributed by atoms with Crippen LogP contribution in [0.2, 0.25) is 0 Å². The molecule has 174 valence electrons. The molecule has 13 heteroatoms. The van der Waals surface area contributed by atoms with Gasteiger partial charge in [0.15, 0.2) is 0 Å². The summed E-state index contributed by atoms with van der Waals surface area (Å²) in [6, 6.07) is 4.41. The highest BCUT2D eigenvalue weighted by atomic mass is 32.2. The van der Waals surface area contributed by atoms with Crippen LogP contribution in [0.15, 0.2) is 29.2 Å². The van der Waals surface area contributed by atoms with Crippen LogP contribution >= 0.6 is 0 Å².